The van der Waals surface area contributed by atoms with Crippen LogP contribution in [-0.2, 0) is 4.79 Å². The van der Waals surface area contributed by atoms with E-state index in [1.54, 1.807) is 18.6 Å². The summed E-state index contributed by atoms with van der Waals surface area (Å²) < 4.78 is 0. The molecule has 1 atom stereocenters. The first kappa shape index (κ1) is 14.7. The molecule has 0 aliphatic rings. The second kappa shape index (κ2) is 7.79. The summed E-state index contributed by atoms with van der Waals surface area (Å²) in [4.78, 5) is 16.0. The molecule has 21 heavy (non-hydrogen) atoms. The van der Waals surface area contributed by atoms with Gasteiger partial charge in [-0.1, -0.05) is 31.2 Å². The number of nitrogens with one attached hydrogen (secondary N) is 2. The van der Waals surface area contributed by atoms with Crippen molar-refractivity contribution in [1.29, 1.82) is 0 Å². The van der Waals surface area contributed by atoms with E-state index in [2.05, 4.69) is 20.8 Å². The Bertz CT molecular complexity index is 584. The van der Waals surface area contributed by atoms with Crippen molar-refractivity contribution in [3.8, 4) is 0 Å². The summed E-state index contributed by atoms with van der Waals surface area (Å²) in [5, 5.41) is 7.13. The van der Waals surface area contributed by atoms with Crippen LogP contribution in [0.15, 0.2) is 60.0 Å². The number of aromatic nitrogens is 1. The minimum Gasteiger partial charge on any atom is -0.374 e. The van der Waals surface area contributed by atoms with Crippen molar-refractivity contribution >= 4 is 17.8 Å². The van der Waals surface area contributed by atoms with Crippen molar-refractivity contribution in [2.24, 2.45) is 5.10 Å². The van der Waals surface area contributed by atoms with E-state index in [0.717, 1.165) is 11.3 Å². The number of amides is 1. The molecule has 0 saturated heterocycles. The highest BCUT2D eigenvalue weighted by atomic mass is 16.2. The molecule has 0 bridgehead atoms. The molecule has 1 amide bonds. The van der Waals surface area contributed by atoms with Gasteiger partial charge < -0.3 is 5.32 Å². The average molecular weight is 282 g/mol. The first-order valence-electron chi connectivity index (χ1n) is 6.84. The molecule has 2 aromatic rings. The summed E-state index contributed by atoms with van der Waals surface area (Å²) in [6.45, 7) is 1.95. The molecule has 0 fully saturated rings. The Hall–Kier alpha value is -2.69. The molecular weight excluding hydrogens is 264 g/mol. The molecule has 1 aromatic heterocycles. The van der Waals surface area contributed by atoms with E-state index in [-0.39, 0.29) is 11.9 Å². The minimum absolute atomic E-state index is 0.165. The largest absolute Gasteiger partial charge is 0.374 e. The Kier molecular flexibility index (Phi) is 5.46. The van der Waals surface area contributed by atoms with E-state index in [1.807, 2.05) is 49.4 Å². The molecular formula is C16H18N4O. The molecule has 1 heterocycles. The molecule has 0 aliphatic heterocycles. The van der Waals surface area contributed by atoms with Crippen LogP contribution in [0.3, 0.4) is 0 Å². The van der Waals surface area contributed by atoms with Gasteiger partial charge in [-0.2, -0.15) is 5.10 Å². The normalized spacial score (nSPS) is 12.0. The third kappa shape index (κ3) is 4.72. The van der Waals surface area contributed by atoms with Crippen LogP contribution >= 0.6 is 0 Å². The number of hydrazone groups is 1. The predicted octanol–water partition coefficient (Wildman–Crippen LogP) is 2.42. The highest BCUT2D eigenvalue weighted by Gasteiger charge is 2.15. The number of hydrogen-bond acceptors (Lipinski definition) is 4. The zero-order chi connectivity index (χ0) is 14.9. The lowest BCUT2D eigenvalue weighted by atomic mass is 10.2. The Morgan fingerprint density at radius 3 is 2.76 bits per heavy atom. The SMILES string of the molecule is CCC(Nc1ccccc1)C(=O)N/N=C/c1cccnc1. The van der Waals surface area contributed by atoms with Crippen molar-refractivity contribution in [3.05, 3.63) is 60.4 Å². The summed E-state index contributed by atoms with van der Waals surface area (Å²) in [6.07, 6.45) is 5.60. The van der Waals surface area contributed by atoms with Gasteiger partial charge in [0.25, 0.3) is 5.91 Å². The van der Waals surface area contributed by atoms with Crippen LogP contribution in [0.2, 0.25) is 0 Å². The molecule has 0 aliphatic carbocycles. The lowest BCUT2D eigenvalue weighted by Gasteiger charge is -2.16. The predicted molar refractivity (Wildman–Crippen MR) is 84.1 cm³/mol. The summed E-state index contributed by atoms with van der Waals surface area (Å²) >= 11 is 0. The van der Waals surface area contributed by atoms with Gasteiger partial charge in [0.1, 0.15) is 6.04 Å². The summed E-state index contributed by atoms with van der Waals surface area (Å²) in [7, 11) is 0. The van der Waals surface area contributed by atoms with Crippen molar-refractivity contribution in [1.82, 2.24) is 10.4 Å². The molecule has 0 radical (unpaired) electrons. The van der Waals surface area contributed by atoms with E-state index in [1.165, 1.54) is 0 Å². The van der Waals surface area contributed by atoms with Crippen molar-refractivity contribution in [2.75, 3.05) is 5.32 Å². The quantitative estimate of drug-likeness (QED) is 0.631. The Morgan fingerprint density at radius 1 is 1.29 bits per heavy atom. The van der Waals surface area contributed by atoms with Crippen LogP contribution in [0.1, 0.15) is 18.9 Å². The van der Waals surface area contributed by atoms with E-state index in [9.17, 15) is 4.79 Å². The average Bonchev–Trinajstić information content (AvgIpc) is 2.54. The molecule has 108 valence electrons. The smallest absolute Gasteiger partial charge is 0.262 e. The number of carbonyl (C=O) groups excluding carboxylic acids is 1. The lowest BCUT2D eigenvalue weighted by molar-refractivity contribution is -0.121. The van der Waals surface area contributed by atoms with E-state index < -0.39 is 0 Å². The van der Waals surface area contributed by atoms with Gasteiger partial charge >= 0.3 is 0 Å². The van der Waals surface area contributed by atoms with Crippen LogP contribution in [0, 0.1) is 0 Å². The molecule has 0 saturated carbocycles. The van der Waals surface area contributed by atoms with Crippen LogP contribution in [0.5, 0.6) is 0 Å². The zero-order valence-electron chi connectivity index (χ0n) is 11.9. The van der Waals surface area contributed by atoms with Gasteiger partial charge in [-0.15, -0.1) is 0 Å². The zero-order valence-corrected chi connectivity index (χ0v) is 11.9. The highest BCUT2D eigenvalue weighted by molar-refractivity contribution is 5.86. The van der Waals surface area contributed by atoms with Gasteiger partial charge in [0, 0.05) is 23.6 Å². The van der Waals surface area contributed by atoms with Crippen molar-refractivity contribution < 1.29 is 4.79 Å². The first-order valence-corrected chi connectivity index (χ1v) is 6.84. The maximum absolute atomic E-state index is 12.1. The second-order valence-corrected chi connectivity index (χ2v) is 4.49. The van der Waals surface area contributed by atoms with Crippen LogP contribution in [-0.4, -0.2) is 23.1 Å². The standard InChI is InChI=1S/C16H18N4O/c1-2-15(19-14-8-4-3-5-9-14)16(21)20-18-12-13-7-6-10-17-11-13/h3-12,15,19H,2H2,1H3,(H,20,21)/b18-12+. The maximum Gasteiger partial charge on any atom is 0.262 e. The molecule has 5 nitrogen and oxygen atoms in total. The van der Waals surface area contributed by atoms with Gasteiger partial charge in [0.05, 0.1) is 6.21 Å². The van der Waals surface area contributed by atoms with E-state index in [4.69, 9.17) is 0 Å². The monoisotopic (exact) mass is 282 g/mol. The number of benzene rings is 1. The Labute approximate surface area is 124 Å². The molecule has 1 aromatic carbocycles. The van der Waals surface area contributed by atoms with Crippen molar-refractivity contribution in [2.45, 2.75) is 19.4 Å². The van der Waals surface area contributed by atoms with Crippen LogP contribution in [0.25, 0.3) is 0 Å². The highest BCUT2D eigenvalue weighted by Crippen LogP contribution is 2.08. The Balaban J connectivity index is 1.90. The maximum atomic E-state index is 12.1. The fourth-order valence-electron chi connectivity index (χ4n) is 1.79. The summed E-state index contributed by atoms with van der Waals surface area (Å²) in [5.74, 6) is -0.165. The molecule has 2 rings (SSSR count). The number of pyridine rings is 1. The number of carbonyl (C=O) groups is 1. The molecule has 1 unspecified atom stereocenters. The lowest BCUT2D eigenvalue weighted by Crippen LogP contribution is -2.36. The topological polar surface area (TPSA) is 66.4 Å². The van der Waals surface area contributed by atoms with Crippen LogP contribution in [0.4, 0.5) is 5.69 Å². The third-order valence-corrected chi connectivity index (χ3v) is 2.91. The minimum atomic E-state index is -0.321. The summed E-state index contributed by atoms with van der Waals surface area (Å²) in [5.41, 5.74) is 4.29. The van der Waals surface area contributed by atoms with Gasteiger partial charge in [-0.05, 0) is 24.6 Å². The van der Waals surface area contributed by atoms with Crippen LogP contribution < -0.4 is 10.7 Å². The molecule has 5 heteroatoms. The second-order valence-electron chi connectivity index (χ2n) is 4.49. The number of rotatable bonds is 6. The van der Waals surface area contributed by atoms with E-state index in [0.29, 0.717) is 6.42 Å². The van der Waals surface area contributed by atoms with Gasteiger partial charge in [-0.3, -0.25) is 9.78 Å². The van der Waals surface area contributed by atoms with Gasteiger partial charge in [0.2, 0.25) is 0 Å². The number of anilines is 1. The van der Waals surface area contributed by atoms with Gasteiger partial charge in [-0.25, -0.2) is 5.43 Å². The van der Waals surface area contributed by atoms with Crippen molar-refractivity contribution in [3.63, 3.8) is 0 Å². The fraction of sp³-hybridized carbons (Fsp3) is 0.188. The number of nitrogens with zero attached hydrogens (tertiary/aromatic N) is 2. The molecule has 2 N–H and O–H groups in total. The molecule has 0 spiro atoms. The third-order valence-electron chi connectivity index (χ3n) is 2.91. The summed E-state index contributed by atoms with van der Waals surface area (Å²) in [6, 6.07) is 13.0. The number of hydrogen-bond donors (Lipinski definition) is 2. The Morgan fingerprint density at radius 2 is 2.10 bits per heavy atom. The van der Waals surface area contributed by atoms with Gasteiger partial charge in [0.15, 0.2) is 0 Å². The van der Waals surface area contributed by atoms with E-state index >= 15 is 0 Å². The number of para-hydroxylation sites is 1. The fourth-order valence-corrected chi connectivity index (χ4v) is 1.79. The first-order chi connectivity index (χ1) is 10.3.